The Morgan fingerprint density at radius 2 is 1.16 bits per heavy atom. The Hall–Kier alpha value is -3.32. The van der Waals surface area contributed by atoms with Crippen molar-refractivity contribution in [3.8, 4) is 22.3 Å². The van der Waals surface area contributed by atoms with Gasteiger partial charge in [0.1, 0.15) is 0 Å². The molecular weight excluding hydrogens is 302 g/mol. The molecule has 0 bridgehead atoms. The molecule has 25 heavy (non-hydrogen) atoms. The van der Waals surface area contributed by atoms with Gasteiger partial charge in [-0.3, -0.25) is 0 Å². The predicted octanol–water partition coefficient (Wildman–Crippen LogP) is 6.66. The molecule has 1 heterocycles. The highest BCUT2D eigenvalue weighted by Crippen LogP contribution is 2.34. The summed E-state index contributed by atoms with van der Waals surface area (Å²) in [5, 5.41) is 2.55. The second-order valence-corrected chi connectivity index (χ2v) is 6.35. The summed E-state index contributed by atoms with van der Waals surface area (Å²) in [4.78, 5) is 3.60. The second kappa shape index (κ2) is 5.64. The van der Waals surface area contributed by atoms with Crippen molar-refractivity contribution in [2.45, 2.75) is 0 Å². The molecule has 0 saturated carbocycles. The minimum absolute atomic E-state index is 1.18. The van der Waals surface area contributed by atoms with Crippen LogP contribution in [0.1, 0.15) is 0 Å². The molecule has 1 aromatic heterocycles. The van der Waals surface area contributed by atoms with Crippen molar-refractivity contribution in [1.82, 2.24) is 4.98 Å². The zero-order chi connectivity index (χ0) is 16.6. The monoisotopic (exact) mass is 319 g/mol. The van der Waals surface area contributed by atoms with E-state index >= 15 is 0 Å². The number of para-hydroxylation sites is 2. The van der Waals surface area contributed by atoms with Gasteiger partial charge in [-0.25, -0.2) is 0 Å². The summed E-state index contributed by atoms with van der Waals surface area (Å²) in [5.74, 6) is 0. The molecule has 5 rings (SSSR count). The fourth-order valence-corrected chi connectivity index (χ4v) is 3.61. The lowest BCUT2D eigenvalue weighted by molar-refractivity contribution is 1.53. The zero-order valence-corrected chi connectivity index (χ0v) is 13.7. The van der Waals surface area contributed by atoms with Crippen LogP contribution in [0.3, 0.4) is 0 Å². The molecule has 0 unspecified atom stereocenters. The summed E-state index contributed by atoms with van der Waals surface area (Å²) in [7, 11) is 0. The number of rotatable bonds is 2. The number of benzene rings is 4. The first-order chi connectivity index (χ1) is 12.4. The summed E-state index contributed by atoms with van der Waals surface area (Å²) < 4.78 is 0. The number of hydrogen-bond donors (Lipinski definition) is 1. The maximum Gasteiger partial charge on any atom is 0.0544 e. The van der Waals surface area contributed by atoms with Crippen LogP contribution in [0, 0.1) is 0 Å². The lowest BCUT2D eigenvalue weighted by atomic mass is 9.97. The Balaban J connectivity index is 1.74. The van der Waals surface area contributed by atoms with E-state index in [4.69, 9.17) is 0 Å². The summed E-state index contributed by atoms with van der Waals surface area (Å²) in [5.41, 5.74) is 7.35. The quantitative estimate of drug-likeness (QED) is 0.374. The molecule has 1 nitrogen and oxygen atoms in total. The van der Waals surface area contributed by atoms with Gasteiger partial charge in [0.25, 0.3) is 0 Å². The van der Waals surface area contributed by atoms with E-state index < -0.39 is 0 Å². The molecule has 0 saturated heterocycles. The van der Waals surface area contributed by atoms with Crippen LogP contribution >= 0.6 is 0 Å². The number of aromatic amines is 1. The van der Waals surface area contributed by atoms with E-state index in [1.807, 2.05) is 0 Å². The molecule has 0 aliphatic heterocycles. The summed E-state index contributed by atoms with van der Waals surface area (Å²) >= 11 is 0. The third kappa shape index (κ3) is 2.33. The fourth-order valence-electron chi connectivity index (χ4n) is 3.61. The number of aromatic nitrogens is 1. The molecule has 1 heteroatoms. The first kappa shape index (κ1) is 14.1. The minimum atomic E-state index is 1.18. The topological polar surface area (TPSA) is 15.8 Å². The summed E-state index contributed by atoms with van der Waals surface area (Å²) in [6, 6.07) is 34.3. The van der Waals surface area contributed by atoms with Gasteiger partial charge < -0.3 is 4.98 Å². The summed E-state index contributed by atoms with van der Waals surface area (Å²) in [6.07, 6.45) is 0. The normalized spacial score (nSPS) is 11.2. The Bertz CT molecular complexity index is 1180. The maximum atomic E-state index is 3.60. The Morgan fingerprint density at radius 1 is 0.480 bits per heavy atom. The molecule has 0 radical (unpaired) electrons. The molecule has 0 aliphatic rings. The first-order valence-electron chi connectivity index (χ1n) is 8.55. The van der Waals surface area contributed by atoms with E-state index in [9.17, 15) is 0 Å². The van der Waals surface area contributed by atoms with E-state index in [1.165, 1.54) is 44.1 Å². The second-order valence-electron chi connectivity index (χ2n) is 6.35. The van der Waals surface area contributed by atoms with Crippen LogP contribution in [0.4, 0.5) is 0 Å². The van der Waals surface area contributed by atoms with Crippen LogP contribution in [0.25, 0.3) is 44.1 Å². The highest BCUT2D eigenvalue weighted by molar-refractivity contribution is 6.11. The molecular formula is C24H17N. The largest absolute Gasteiger partial charge is 0.354 e. The smallest absolute Gasteiger partial charge is 0.0544 e. The standard InChI is InChI=1S/C24H17N/c1-2-8-17(9-3-1)18-10-6-11-19(16-18)20-13-7-14-22-21-12-4-5-15-23(21)25-24(20)22/h1-16,25H. The average molecular weight is 319 g/mol. The number of fused-ring (bicyclic) bond motifs is 3. The Kier molecular flexibility index (Phi) is 3.17. The van der Waals surface area contributed by atoms with Crippen molar-refractivity contribution in [2.24, 2.45) is 0 Å². The van der Waals surface area contributed by atoms with E-state index in [1.54, 1.807) is 0 Å². The fraction of sp³-hybridized carbons (Fsp3) is 0. The molecule has 118 valence electrons. The van der Waals surface area contributed by atoms with Crippen LogP contribution < -0.4 is 0 Å². The number of nitrogens with one attached hydrogen (secondary N) is 1. The highest BCUT2D eigenvalue weighted by Gasteiger charge is 2.09. The van der Waals surface area contributed by atoms with Crippen LogP contribution in [-0.2, 0) is 0 Å². The van der Waals surface area contributed by atoms with Gasteiger partial charge in [-0.1, -0.05) is 84.9 Å². The maximum absolute atomic E-state index is 3.60. The molecule has 0 fully saturated rings. The zero-order valence-electron chi connectivity index (χ0n) is 13.7. The van der Waals surface area contributed by atoms with Crippen molar-refractivity contribution >= 4 is 21.8 Å². The Morgan fingerprint density at radius 3 is 2.08 bits per heavy atom. The molecule has 0 spiro atoms. The van der Waals surface area contributed by atoms with Crippen LogP contribution in [0.2, 0.25) is 0 Å². The van der Waals surface area contributed by atoms with E-state index in [-0.39, 0.29) is 0 Å². The molecule has 0 atom stereocenters. The lowest BCUT2D eigenvalue weighted by Gasteiger charge is -2.07. The van der Waals surface area contributed by atoms with Crippen molar-refractivity contribution in [2.75, 3.05) is 0 Å². The van der Waals surface area contributed by atoms with Crippen LogP contribution in [0.15, 0.2) is 97.1 Å². The third-order valence-corrected chi connectivity index (χ3v) is 4.82. The van der Waals surface area contributed by atoms with Gasteiger partial charge in [-0.15, -0.1) is 0 Å². The Labute approximate surface area is 146 Å². The average Bonchev–Trinajstić information content (AvgIpc) is 3.07. The molecule has 0 aliphatic carbocycles. The molecule has 4 aromatic carbocycles. The molecule has 1 N–H and O–H groups in total. The number of H-pyrrole nitrogens is 1. The van der Waals surface area contributed by atoms with Gasteiger partial charge in [0.2, 0.25) is 0 Å². The van der Waals surface area contributed by atoms with Gasteiger partial charge in [0.15, 0.2) is 0 Å². The first-order valence-corrected chi connectivity index (χ1v) is 8.55. The third-order valence-electron chi connectivity index (χ3n) is 4.82. The van der Waals surface area contributed by atoms with Crippen molar-refractivity contribution in [1.29, 1.82) is 0 Å². The SMILES string of the molecule is c1ccc(-c2cccc(-c3cccc4c3[nH]c3ccccc34)c2)cc1. The van der Waals surface area contributed by atoms with E-state index in [2.05, 4.69) is 102 Å². The van der Waals surface area contributed by atoms with Crippen molar-refractivity contribution < 1.29 is 0 Å². The minimum Gasteiger partial charge on any atom is -0.354 e. The van der Waals surface area contributed by atoms with Gasteiger partial charge >= 0.3 is 0 Å². The van der Waals surface area contributed by atoms with Gasteiger partial charge in [-0.2, -0.15) is 0 Å². The highest BCUT2D eigenvalue weighted by atomic mass is 14.7. The predicted molar refractivity (Wildman–Crippen MR) is 107 cm³/mol. The van der Waals surface area contributed by atoms with Gasteiger partial charge in [0, 0.05) is 21.9 Å². The van der Waals surface area contributed by atoms with Crippen molar-refractivity contribution in [3.63, 3.8) is 0 Å². The van der Waals surface area contributed by atoms with Gasteiger partial charge in [-0.05, 0) is 28.8 Å². The summed E-state index contributed by atoms with van der Waals surface area (Å²) in [6.45, 7) is 0. The van der Waals surface area contributed by atoms with Crippen LogP contribution in [-0.4, -0.2) is 4.98 Å². The lowest BCUT2D eigenvalue weighted by Crippen LogP contribution is -1.83. The van der Waals surface area contributed by atoms with Crippen LogP contribution in [0.5, 0.6) is 0 Å². The number of hydrogen-bond acceptors (Lipinski definition) is 0. The van der Waals surface area contributed by atoms with E-state index in [0.29, 0.717) is 0 Å². The molecule has 5 aromatic rings. The molecule has 0 amide bonds. The van der Waals surface area contributed by atoms with Crippen molar-refractivity contribution in [3.05, 3.63) is 97.1 Å². The van der Waals surface area contributed by atoms with E-state index in [0.717, 1.165) is 0 Å². The van der Waals surface area contributed by atoms with Gasteiger partial charge in [0.05, 0.1) is 5.52 Å².